The van der Waals surface area contributed by atoms with Gasteiger partial charge in [-0.25, -0.2) is 9.18 Å². The number of benzene rings is 1. The first-order valence-electron chi connectivity index (χ1n) is 4.81. The number of urea groups is 1. The summed E-state index contributed by atoms with van der Waals surface area (Å²) in [6, 6.07) is 6.44. The normalized spacial score (nSPS) is 9.80. The molecule has 1 rings (SSSR count). The van der Waals surface area contributed by atoms with Crippen LogP contribution < -0.4 is 5.32 Å². The molecule has 0 aliphatic heterocycles. The van der Waals surface area contributed by atoms with Crippen molar-refractivity contribution < 1.29 is 9.18 Å². The number of carbonyl (C=O) groups excluding carboxylic acids is 1. The maximum absolute atomic E-state index is 13.2. The number of hydrogen-bond acceptors (Lipinski definition) is 1. The first kappa shape index (κ1) is 11.5. The van der Waals surface area contributed by atoms with Crippen LogP contribution in [0, 0.1) is 5.82 Å². The second-order valence-electron chi connectivity index (χ2n) is 3.32. The highest BCUT2D eigenvalue weighted by Gasteiger charge is 2.07. The highest BCUT2D eigenvalue weighted by atomic mass is 19.1. The molecule has 0 radical (unpaired) electrons. The molecule has 4 heteroatoms. The van der Waals surface area contributed by atoms with E-state index < -0.39 is 0 Å². The maximum atomic E-state index is 13.2. The van der Waals surface area contributed by atoms with Crippen molar-refractivity contribution in [3.63, 3.8) is 0 Å². The van der Waals surface area contributed by atoms with Crippen LogP contribution in [0.4, 0.5) is 9.18 Å². The Morgan fingerprint density at radius 3 is 2.73 bits per heavy atom. The summed E-state index contributed by atoms with van der Waals surface area (Å²) in [5, 5.41) is 2.51. The Bertz CT molecular complexity index is 341. The van der Waals surface area contributed by atoms with Crippen molar-refractivity contribution in [2.24, 2.45) is 0 Å². The second kappa shape index (κ2) is 5.34. The zero-order chi connectivity index (χ0) is 11.3. The topological polar surface area (TPSA) is 32.3 Å². The Morgan fingerprint density at radius 2 is 2.13 bits per heavy atom. The van der Waals surface area contributed by atoms with Gasteiger partial charge in [0.25, 0.3) is 0 Å². The summed E-state index contributed by atoms with van der Waals surface area (Å²) in [7, 11) is 3.25. The van der Waals surface area contributed by atoms with Crippen molar-refractivity contribution in [1.29, 1.82) is 0 Å². The minimum atomic E-state index is -0.220. The minimum absolute atomic E-state index is 0.161. The monoisotopic (exact) mass is 210 g/mol. The zero-order valence-electron chi connectivity index (χ0n) is 8.96. The summed E-state index contributed by atoms with van der Waals surface area (Å²) in [6.45, 7) is 0.501. The van der Waals surface area contributed by atoms with E-state index >= 15 is 0 Å². The van der Waals surface area contributed by atoms with E-state index in [9.17, 15) is 9.18 Å². The largest absolute Gasteiger partial charge is 0.341 e. The second-order valence-corrected chi connectivity index (χ2v) is 3.32. The van der Waals surface area contributed by atoms with Gasteiger partial charge in [0, 0.05) is 20.6 Å². The Balaban J connectivity index is 2.50. The lowest BCUT2D eigenvalue weighted by atomic mass is 10.1. The van der Waals surface area contributed by atoms with Crippen molar-refractivity contribution in [3.8, 4) is 0 Å². The third kappa shape index (κ3) is 3.23. The molecule has 2 amide bonds. The van der Waals surface area contributed by atoms with Crippen molar-refractivity contribution in [2.45, 2.75) is 6.42 Å². The molecule has 0 aliphatic carbocycles. The molecule has 0 bridgehead atoms. The predicted octanol–water partition coefficient (Wildman–Crippen LogP) is 1.64. The van der Waals surface area contributed by atoms with E-state index in [1.165, 1.54) is 11.0 Å². The molecule has 0 fully saturated rings. The maximum Gasteiger partial charge on any atom is 0.316 e. The summed E-state index contributed by atoms with van der Waals surface area (Å²) < 4.78 is 13.2. The van der Waals surface area contributed by atoms with Gasteiger partial charge in [-0.2, -0.15) is 0 Å². The average molecular weight is 210 g/mol. The molecule has 0 atom stereocenters. The minimum Gasteiger partial charge on any atom is -0.341 e. The highest BCUT2D eigenvalue weighted by Crippen LogP contribution is 2.07. The van der Waals surface area contributed by atoms with Crippen LogP contribution in [0.5, 0.6) is 0 Å². The van der Waals surface area contributed by atoms with Gasteiger partial charge < -0.3 is 10.2 Å². The molecule has 0 spiro atoms. The van der Waals surface area contributed by atoms with E-state index in [2.05, 4.69) is 5.32 Å². The molecule has 0 aromatic heterocycles. The Morgan fingerprint density at radius 1 is 1.47 bits per heavy atom. The molecule has 0 saturated carbocycles. The Labute approximate surface area is 88.9 Å². The molecule has 3 nitrogen and oxygen atoms in total. The van der Waals surface area contributed by atoms with Crippen LogP contribution in [0.3, 0.4) is 0 Å². The van der Waals surface area contributed by atoms with Gasteiger partial charge in [-0.1, -0.05) is 18.2 Å². The molecule has 15 heavy (non-hydrogen) atoms. The van der Waals surface area contributed by atoms with E-state index in [1.54, 1.807) is 32.3 Å². The number of likely N-dealkylation sites (N-methyl/N-ethyl adjacent to an activating group) is 1. The molecular weight excluding hydrogens is 195 g/mol. The van der Waals surface area contributed by atoms with Gasteiger partial charge in [0.15, 0.2) is 0 Å². The fraction of sp³-hybridized carbons (Fsp3) is 0.364. The van der Waals surface area contributed by atoms with Gasteiger partial charge in [-0.3, -0.25) is 0 Å². The molecule has 1 N–H and O–H groups in total. The average Bonchev–Trinajstić information content (AvgIpc) is 2.26. The van der Waals surface area contributed by atoms with E-state index in [4.69, 9.17) is 0 Å². The third-order valence-electron chi connectivity index (χ3n) is 2.23. The first-order valence-corrected chi connectivity index (χ1v) is 4.81. The summed E-state index contributed by atoms with van der Waals surface area (Å²) in [5.74, 6) is -0.220. The van der Waals surface area contributed by atoms with Crippen LogP contribution in [0.15, 0.2) is 24.3 Å². The van der Waals surface area contributed by atoms with Crippen molar-refractivity contribution >= 4 is 6.03 Å². The van der Waals surface area contributed by atoms with Gasteiger partial charge in [0.05, 0.1) is 0 Å². The lowest BCUT2D eigenvalue weighted by Crippen LogP contribution is -2.36. The highest BCUT2D eigenvalue weighted by molar-refractivity contribution is 5.73. The lowest BCUT2D eigenvalue weighted by molar-refractivity contribution is 0.211. The van der Waals surface area contributed by atoms with Crippen LogP contribution in [0.1, 0.15) is 5.56 Å². The molecule has 82 valence electrons. The third-order valence-corrected chi connectivity index (χ3v) is 2.23. The molecular formula is C11H15FN2O. The predicted molar refractivity (Wildman–Crippen MR) is 57.2 cm³/mol. The number of hydrogen-bond donors (Lipinski definition) is 1. The molecule has 1 aromatic carbocycles. The quantitative estimate of drug-likeness (QED) is 0.808. The summed E-state index contributed by atoms with van der Waals surface area (Å²) in [4.78, 5) is 12.7. The van der Waals surface area contributed by atoms with E-state index in [-0.39, 0.29) is 11.8 Å². The SMILES string of the molecule is CNC(=O)N(C)CCc1ccccc1F. The zero-order valence-corrected chi connectivity index (χ0v) is 8.96. The molecule has 1 aromatic rings. The fourth-order valence-electron chi connectivity index (χ4n) is 1.28. The van der Waals surface area contributed by atoms with Gasteiger partial charge in [-0.15, -0.1) is 0 Å². The summed E-state index contributed by atoms with van der Waals surface area (Å²) in [6.07, 6.45) is 0.524. The molecule has 0 saturated heterocycles. The molecule has 0 heterocycles. The van der Waals surface area contributed by atoms with Crippen LogP contribution in [-0.4, -0.2) is 31.6 Å². The smallest absolute Gasteiger partial charge is 0.316 e. The Kier molecular flexibility index (Phi) is 4.09. The molecule has 0 aliphatic rings. The van der Waals surface area contributed by atoms with Crippen molar-refractivity contribution in [3.05, 3.63) is 35.6 Å². The van der Waals surface area contributed by atoms with Crippen LogP contribution in [-0.2, 0) is 6.42 Å². The van der Waals surface area contributed by atoms with Crippen LogP contribution in [0.2, 0.25) is 0 Å². The number of rotatable bonds is 3. The van der Waals surface area contributed by atoms with Crippen LogP contribution >= 0.6 is 0 Å². The Hall–Kier alpha value is -1.58. The summed E-state index contributed by atoms with van der Waals surface area (Å²) >= 11 is 0. The van der Waals surface area contributed by atoms with Crippen molar-refractivity contribution in [2.75, 3.05) is 20.6 Å². The van der Waals surface area contributed by atoms with Gasteiger partial charge in [0.1, 0.15) is 5.82 Å². The first-order chi connectivity index (χ1) is 7.15. The van der Waals surface area contributed by atoms with Gasteiger partial charge in [0.2, 0.25) is 0 Å². The van der Waals surface area contributed by atoms with Gasteiger partial charge >= 0.3 is 6.03 Å². The fourth-order valence-corrected chi connectivity index (χ4v) is 1.28. The standard InChI is InChI=1S/C11H15FN2O/c1-13-11(15)14(2)8-7-9-5-3-4-6-10(9)12/h3-6H,7-8H2,1-2H3,(H,13,15). The molecule has 0 unspecified atom stereocenters. The van der Waals surface area contributed by atoms with Crippen LogP contribution in [0.25, 0.3) is 0 Å². The number of amides is 2. The van der Waals surface area contributed by atoms with Gasteiger partial charge in [-0.05, 0) is 18.1 Å². The lowest BCUT2D eigenvalue weighted by Gasteiger charge is -2.16. The number of carbonyl (C=O) groups is 1. The number of nitrogens with one attached hydrogen (secondary N) is 1. The number of nitrogens with zero attached hydrogens (tertiary/aromatic N) is 1. The summed E-state index contributed by atoms with van der Waals surface area (Å²) in [5.41, 5.74) is 0.633. The van der Waals surface area contributed by atoms with Crippen molar-refractivity contribution in [1.82, 2.24) is 10.2 Å². The van der Waals surface area contributed by atoms with E-state index in [1.807, 2.05) is 0 Å². The number of halogens is 1. The van der Waals surface area contributed by atoms with E-state index in [0.717, 1.165) is 0 Å². The van der Waals surface area contributed by atoms with E-state index in [0.29, 0.717) is 18.5 Å².